The lowest BCUT2D eigenvalue weighted by molar-refractivity contribution is 0.590. The van der Waals surface area contributed by atoms with Gasteiger partial charge in [-0.25, -0.2) is 9.97 Å². The summed E-state index contributed by atoms with van der Waals surface area (Å²) in [5.41, 5.74) is 4.21. The number of hydrogen-bond acceptors (Lipinski definition) is 3. The molecule has 0 amide bonds. The maximum absolute atomic E-state index is 4.40. The van der Waals surface area contributed by atoms with Crippen LogP contribution in [0.4, 0.5) is 11.6 Å². The zero-order valence-electron chi connectivity index (χ0n) is 11.7. The summed E-state index contributed by atoms with van der Waals surface area (Å²) < 4.78 is 0. The summed E-state index contributed by atoms with van der Waals surface area (Å²) in [5.74, 6) is 0.804. The van der Waals surface area contributed by atoms with E-state index in [0.29, 0.717) is 0 Å². The molecule has 0 unspecified atom stereocenters. The average Bonchev–Trinajstić information content (AvgIpc) is 2.82. The van der Waals surface area contributed by atoms with Gasteiger partial charge in [-0.3, -0.25) is 0 Å². The number of benzene rings is 1. The molecule has 1 aromatic heterocycles. The second-order valence-corrected chi connectivity index (χ2v) is 6.01. The molecule has 0 atom stereocenters. The van der Waals surface area contributed by atoms with Crippen molar-refractivity contribution in [3.8, 4) is 0 Å². The minimum atomic E-state index is 0.128. The van der Waals surface area contributed by atoms with Crippen LogP contribution in [-0.4, -0.2) is 16.5 Å². The number of anilines is 2. The highest BCUT2D eigenvalue weighted by atomic mass is 15.3. The molecule has 1 aliphatic rings. The van der Waals surface area contributed by atoms with E-state index in [0.717, 1.165) is 18.9 Å². The van der Waals surface area contributed by atoms with Gasteiger partial charge < -0.3 is 4.90 Å². The third-order valence-corrected chi connectivity index (χ3v) is 3.60. The van der Waals surface area contributed by atoms with Gasteiger partial charge >= 0.3 is 0 Å². The van der Waals surface area contributed by atoms with Crippen LogP contribution in [0.3, 0.4) is 0 Å². The van der Waals surface area contributed by atoms with Gasteiger partial charge in [0.25, 0.3) is 0 Å². The third-order valence-electron chi connectivity index (χ3n) is 3.60. The van der Waals surface area contributed by atoms with Gasteiger partial charge in [-0.2, -0.15) is 0 Å². The molecule has 0 aliphatic carbocycles. The summed E-state index contributed by atoms with van der Waals surface area (Å²) in [4.78, 5) is 11.0. The van der Waals surface area contributed by atoms with Crippen molar-refractivity contribution in [1.29, 1.82) is 0 Å². The van der Waals surface area contributed by atoms with E-state index in [1.165, 1.54) is 16.8 Å². The predicted octanol–water partition coefficient (Wildman–Crippen LogP) is 3.47. The van der Waals surface area contributed by atoms with Crippen LogP contribution in [0, 0.1) is 0 Å². The average molecular weight is 253 g/mol. The summed E-state index contributed by atoms with van der Waals surface area (Å²) in [6.45, 7) is 7.73. The Kier molecular flexibility index (Phi) is 2.77. The first-order valence-electron chi connectivity index (χ1n) is 6.74. The van der Waals surface area contributed by atoms with Crippen molar-refractivity contribution in [3.63, 3.8) is 0 Å². The molecule has 0 spiro atoms. The molecule has 2 heterocycles. The van der Waals surface area contributed by atoms with E-state index in [1.54, 1.807) is 12.4 Å². The molecular formula is C16H19N3. The van der Waals surface area contributed by atoms with Crippen LogP contribution < -0.4 is 4.90 Å². The van der Waals surface area contributed by atoms with Crippen molar-refractivity contribution < 1.29 is 0 Å². The Morgan fingerprint density at radius 3 is 2.47 bits per heavy atom. The number of hydrogen-bond donors (Lipinski definition) is 0. The second-order valence-electron chi connectivity index (χ2n) is 6.01. The molecule has 0 saturated heterocycles. The molecule has 2 aromatic rings. The van der Waals surface area contributed by atoms with Gasteiger partial charge in [0, 0.05) is 18.9 Å². The molecule has 19 heavy (non-hydrogen) atoms. The molecule has 3 heteroatoms. The van der Waals surface area contributed by atoms with Crippen molar-refractivity contribution >= 4 is 11.6 Å². The maximum Gasteiger partial charge on any atom is 0.229 e. The second kappa shape index (κ2) is 4.34. The van der Waals surface area contributed by atoms with E-state index in [9.17, 15) is 0 Å². The fraction of sp³-hybridized carbons (Fsp3) is 0.375. The van der Waals surface area contributed by atoms with Crippen LogP contribution in [0.1, 0.15) is 31.9 Å². The van der Waals surface area contributed by atoms with Crippen molar-refractivity contribution in [2.45, 2.75) is 32.6 Å². The fourth-order valence-corrected chi connectivity index (χ4v) is 2.69. The van der Waals surface area contributed by atoms with Gasteiger partial charge in [-0.1, -0.05) is 39.0 Å². The summed E-state index contributed by atoms with van der Waals surface area (Å²) in [6, 6.07) is 8.46. The van der Waals surface area contributed by atoms with E-state index in [4.69, 9.17) is 0 Å². The van der Waals surface area contributed by atoms with Crippen molar-refractivity contribution in [1.82, 2.24) is 9.97 Å². The predicted molar refractivity (Wildman–Crippen MR) is 77.9 cm³/mol. The van der Waals surface area contributed by atoms with Crippen LogP contribution >= 0.6 is 0 Å². The Hall–Kier alpha value is -1.90. The Labute approximate surface area is 114 Å². The standard InChI is InChI=1S/C16H19N3/c1-16(2,3)13-7-4-6-12-8-11-19(14(12)13)15-17-9-5-10-18-15/h4-7,9-10H,8,11H2,1-3H3. The van der Waals surface area contributed by atoms with Gasteiger partial charge in [0.05, 0.1) is 5.69 Å². The first-order valence-corrected chi connectivity index (χ1v) is 6.74. The maximum atomic E-state index is 4.40. The highest BCUT2D eigenvalue weighted by molar-refractivity contribution is 5.71. The lowest BCUT2D eigenvalue weighted by Gasteiger charge is -2.27. The molecule has 3 nitrogen and oxygen atoms in total. The molecule has 3 rings (SSSR count). The van der Waals surface area contributed by atoms with Crippen LogP contribution in [-0.2, 0) is 11.8 Å². The normalized spacial score (nSPS) is 14.6. The van der Waals surface area contributed by atoms with Crippen LogP contribution in [0.15, 0.2) is 36.7 Å². The number of rotatable bonds is 1. The first kappa shape index (κ1) is 12.2. The molecule has 1 aliphatic heterocycles. The van der Waals surface area contributed by atoms with Gasteiger partial charge in [-0.05, 0) is 29.0 Å². The number of fused-ring (bicyclic) bond motifs is 1. The summed E-state index contributed by atoms with van der Waals surface area (Å²) in [5, 5.41) is 0. The van der Waals surface area contributed by atoms with Crippen molar-refractivity contribution in [2.24, 2.45) is 0 Å². The largest absolute Gasteiger partial charge is 0.310 e. The minimum absolute atomic E-state index is 0.128. The Balaban J connectivity index is 2.14. The molecule has 98 valence electrons. The Bertz CT molecular complexity index is 585. The van der Waals surface area contributed by atoms with E-state index < -0.39 is 0 Å². The summed E-state index contributed by atoms with van der Waals surface area (Å²) in [6.07, 6.45) is 4.68. The van der Waals surface area contributed by atoms with Crippen LogP contribution in [0.5, 0.6) is 0 Å². The Morgan fingerprint density at radius 2 is 1.79 bits per heavy atom. The van der Waals surface area contributed by atoms with Gasteiger partial charge in [0.2, 0.25) is 5.95 Å². The fourth-order valence-electron chi connectivity index (χ4n) is 2.69. The highest BCUT2D eigenvalue weighted by Gasteiger charge is 2.29. The lowest BCUT2D eigenvalue weighted by atomic mass is 9.84. The van der Waals surface area contributed by atoms with Gasteiger partial charge in [0.1, 0.15) is 0 Å². The van der Waals surface area contributed by atoms with E-state index >= 15 is 0 Å². The van der Waals surface area contributed by atoms with Crippen LogP contribution in [0.2, 0.25) is 0 Å². The summed E-state index contributed by atoms with van der Waals surface area (Å²) in [7, 11) is 0. The lowest BCUT2D eigenvalue weighted by Crippen LogP contribution is -2.21. The van der Waals surface area contributed by atoms with Crippen molar-refractivity contribution in [3.05, 3.63) is 47.8 Å². The number of para-hydroxylation sites is 1. The quantitative estimate of drug-likeness (QED) is 0.779. The Morgan fingerprint density at radius 1 is 1.05 bits per heavy atom. The molecule has 1 aromatic carbocycles. The van der Waals surface area contributed by atoms with Gasteiger partial charge in [-0.15, -0.1) is 0 Å². The van der Waals surface area contributed by atoms with E-state index in [-0.39, 0.29) is 5.41 Å². The third kappa shape index (κ3) is 2.09. The number of nitrogens with zero attached hydrogens (tertiary/aromatic N) is 3. The molecule has 0 bridgehead atoms. The molecule has 0 fully saturated rings. The molecule has 0 N–H and O–H groups in total. The van der Waals surface area contributed by atoms with E-state index in [2.05, 4.69) is 53.8 Å². The zero-order chi connectivity index (χ0) is 13.5. The monoisotopic (exact) mass is 253 g/mol. The van der Waals surface area contributed by atoms with Crippen molar-refractivity contribution in [2.75, 3.05) is 11.4 Å². The highest BCUT2D eigenvalue weighted by Crippen LogP contribution is 2.40. The van der Waals surface area contributed by atoms with Gasteiger partial charge in [0.15, 0.2) is 0 Å². The first-order chi connectivity index (χ1) is 9.07. The minimum Gasteiger partial charge on any atom is -0.310 e. The SMILES string of the molecule is CC(C)(C)c1cccc2c1N(c1ncccn1)CC2. The topological polar surface area (TPSA) is 29.0 Å². The molecular weight excluding hydrogens is 234 g/mol. The summed E-state index contributed by atoms with van der Waals surface area (Å²) >= 11 is 0. The molecule has 0 radical (unpaired) electrons. The number of aromatic nitrogens is 2. The smallest absolute Gasteiger partial charge is 0.229 e. The zero-order valence-corrected chi connectivity index (χ0v) is 11.7. The molecule has 0 saturated carbocycles. The van der Waals surface area contributed by atoms with E-state index in [1.807, 2.05) is 6.07 Å². The van der Waals surface area contributed by atoms with Crippen LogP contribution in [0.25, 0.3) is 0 Å².